The van der Waals surface area contributed by atoms with Gasteiger partial charge in [0.2, 0.25) is 0 Å². The van der Waals surface area contributed by atoms with E-state index in [-0.39, 0.29) is 11.9 Å². The fourth-order valence-corrected chi connectivity index (χ4v) is 2.14. The quantitative estimate of drug-likeness (QED) is 0.705. The topological polar surface area (TPSA) is 83.8 Å². The van der Waals surface area contributed by atoms with Gasteiger partial charge in [-0.2, -0.15) is 5.10 Å². The number of aromatic amines is 1. The number of H-pyrrole nitrogens is 1. The molecule has 1 saturated carbocycles. The molecule has 5 nitrogen and oxygen atoms in total. The van der Waals surface area contributed by atoms with Gasteiger partial charge in [-0.1, -0.05) is 6.92 Å². The lowest BCUT2D eigenvalue weighted by molar-refractivity contribution is 0.0919. The van der Waals surface area contributed by atoms with Crippen LogP contribution in [0.3, 0.4) is 0 Å². The molecule has 1 aromatic heterocycles. The predicted octanol–water partition coefficient (Wildman–Crippen LogP) is 1.30. The van der Waals surface area contributed by atoms with Gasteiger partial charge in [0.25, 0.3) is 5.91 Å². The number of nitrogens with one attached hydrogen (secondary N) is 2. The van der Waals surface area contributed by atoms with E-state index in [1.807, 2.05) is 0 Å². The molecular formula is C11H18N4O. The minimum atomic E-state index is -0.144. The van der Waals surface area contributed by atoms with E-state index >= 15 is 0 Å². The number of hydrogen-bond donors (Lipinski definition) is 3. The van der Waals surface area contributed by atoms with Crippen LogP contribution in [-0.2, 0) is 0 Å². The maximum Gasteiger partial charge on any atom is 0.271 e. The molecule has 0 spiro atoms. The zero-order valence-electron chi connectivity index (χ0n) is 9.49. The minimum absolute atomic E-state index is 0.144. The molecule has 2 rings (SSSR count). The number of aromatic nitrogens is 2. The summed E-state index contributed by atoms with van der Waals surface area (Å²) in [7, 11) is 0. The van der Waals surface area contributed by atoms with Crippen LogP contribution in [-0.4, -0.2) is 22.1 Å². The van der Waals surface area contributed by atoms with Crippen molar-refractivity contribution in [3.05, 3.63) is 11.9 Å². The average Bonchev–Trinajstić information content (AvgIpc) is 2.68. The maximum absolute atomic E-state index is 11.8. The molecule has 0 bridgehead atoms. The molecule has 1 fully saturated rings. The van der Waals surface area contributed by atoms with Gasteiger partial charge in [-0.3, -0.25) is 9.89 Å². The van der Waals surface area contributed by atoms with Crippen LogP contribution in [0.4, 0.5) is 5.69 Å². The number of nitrogens with two attached hydrogens (primary N) is 1. The second-order valence-electron chi connectivity index (χ2n) is 4.63. The second-order valence-corrected chi connectivity index (χ2v) is 4.63. The maximum atomic E-state index is 11.8. The molecule has 1 aliphatic carbocycles. The highest BCUT2D eigenvalue weighted by molar-refractivity contribution is 5.97. The number of nitrogen functional groups attached to an aromatic ring is 1. The van der Waals surface area contributed by atoms with Gasteiger partial charge in [0.1, 0.15) is 5.69 Å². The van der Waals surface area contributed by atoms with Gasteiger partial charge in [0.15, 0.2) is 0 Å². The summed E-state index contributed by atoms with van der Waals surface area (Å²) in [5, 5.41) is 9.35. The standard InChI is InChI=1S/C11H18N4O/c1-7-2-4-8(5-3-7)14-11(16)10-9(12)6-13-15-10/h6-8H,2-5,12H2,1H3,(H,13,15)(H,14,16). The van der Waals surface area contributed by atoms with Gasteiger partial charge in [-0.25, -0.2) is 0 Å². The zero-order valence-corrected chi connectivity index (χ0v) is 9.49. The van der Waals surface area contributed by atoms with Crippen molar-refractivity contribution >= 4 is 11.6 Å². The smallest absolute Gasteiger partial charge is 0.271 e. The highest BCUT2D eigenvalue weighted by Gasteiger charge is 2.21. The highest BCUT2D eigenvalue weighted by atomic mass is 16.2. The Kier molecular flexibility index (Phi) is 3.12. The Morgan fingerprint density at radius 2 is 2.19 bits per heavy atom. The van der Waals surface area contributed by atoms with Gasteiger partial charge < -0.3 is 11.1 Å². The summed E-state index contributed by atoms with van der Waals surface area (Å²) in [6.07, 6.45) is 5.94. The molecule has 1 amide bonds. The first kappa shape index (κ1) is 11.0. The monoisotopic (exact) mass is 222 g/mol. The van der Waals surface area contributed by atoms with Crippen LogP contribution in [0.1, 0.15) is 43.1 Å². The molecule has 1 heterocycles. The van der Waals surface area contributed by atoms with Crippen LogP contribution in [0, 0.1) is 5.92 Å². The van der Waals surface area contributed by atoms with Gasteiger partial charge in [0, 0.05) is 6.04 Å². The van der Waals surface area contributed by atoms with Crippen molar-refractivity contribution in [1.29, 1.82) is 0 Å². The van der Waals surface area contributed by atoms with Crippen molar-refractivity contribution in [2.45, 2.75) is 38.6 Å². The van der Waals surface area contributed by atoms with Crippen molar-refractivity contribution in [2.75, 3.05) is 5.73 Å². The Labute approximate surface area is 94.8 Å². The third-order valence-corrected chi connectivity index (χ3v) is 3.25. The predicted molar refractivity (Wildman–Crippen MR) is 61.9 cm³/mol. The summed E-state index contributed by atoms with van der Waals surface area (Å²) >= 11 is 0. The average molecular weight is 222 g/mol. The fraction of sp³-hybridized carbons (Fsp3) is 0.636. The first-order valence-electron chi connectivity index (χ1n) is 5.76. The van der Waals surface area contributed by atoms with Crippen LogP contribution in [0.5, 0.6) is 0 Å². The van der Waals surface area contributed by atoms with Crippen molar-refractivity contribution < 1.29 is 4.79 Å². The van der Waals surface area contributed by atoms with E-state index < -0.39 is 0 Å². The second kappa shape index (κ2) is 4.55. The van der Waals surface area contributed by atoms with Gasteiger partial charge in [-0.15, -0.1) is 0 Å². The molecule has 1 aliphatic rings. The van der Waals surface area contributed by atoms with E-state index in [2.05, 4.69) is 22.4 Å². The van der Waals surface area contributed by atoms with Crippen molar-refractivity contribution in [2.24, 2.45) is 5.92 Å². The Morgan fingerprint density at radius 3 is 2.75 bits per heavy atom. The van der Waals surface area contributed by atoms with Crippen LogP contribution in [0.2, 0.25) is 0 Å². The van der Waals surface area contributed by atoms with Crippen LogP contribution >= 0.6 is 0 Å². The molecule has 0 radical (unpaired) electrons. The van der Waals surface area contributed by atoms with E-state index in [0.29, 0.717) is 11.4 Å². The summed E-state index contributed by atoms with van der Waals surface area (Å²) in [6.45, 7) is 2.25. The van der Waals surface area contributed by atoms with Crippen LogP contribution in [0.15, 0.2) is 6.20 Å². The number of nitrogens with zero attached hydrogens (tertiary/aromatic N) is 1. The summed E-state index contributed by atoms with van der Waals surface area (Å²) in [4.78, 5) is 11.8. The minimum Gasteiger partial charge on any atom is -0.396 e. The molecule has 0 aromatic carbocycles. The van der Waals surface area contributed by atoms with Crippen molar-refractivity contribution in [3.63, 3.8) is 0 Å². The molecule has 4 N–H and O–H groups in total. The molecule has 0 unspecified atom stereocenters. The SMILES string of the molecule is CC1CCC(NC(=O)c2[nH]ncc2N)CC1. The molecule has 0 aliphatic heterocycles. The van der Waals surface area contributed by atoms with E-state index in [9.17, 15) is 4.79 Å². The van der Waals surface area contributed by atoms with Crippen molar-refractivity contribution in [3.8, 4) is 0 Å². The number of carbonyl (C=O) groups is 1. The van der Waals surface area contributed by atoms with Crippen LogP contribution in [0.25, 0.3) is 0 Å². The molecule has 5 heteroatoms. The Bertz CT molecular complexity index is 366. The normalized spacial score (nSPS) is 25.3. The lowest BCUT2D eigenvalue weighted by atomic mass is 9.87. The molecule has 88 valence electrons. The Balaban J connectivity index is 1.91. The Morgan fingerprint density at radius 1 is 1.50 bits per heavy atom. The number of carbonyl (C=O) groups excluding carboxylic acids is 1. The van der Waals surface area contributed by atoms with Crippen LogP contribution < -0.4 is 11.1 Å². The number of rotatable bonds is 2. The summed E-state index contributed by atoms with van der Waals surface area (Å²) in [5.41, 5.74) is 6.39. The largest absolute Gasteiger partial charge is 0.396 e. The lowest BCUT2D eigenvalue weighted by Crippen LogP contribution is -2.37. The lowest BCUT2D eigenvalue weighted by Gasteiger charge is -2.26. The number of hydrogen-bond acceptors (Lipinski definition) is 3. The summed E-state index contributed by atoms with van der Waals surface area (Å²) in [6, 6.07) is 0.284. The molecule has 0 atom stereocenters. The fourth-order valence-electron chi connectivity index (χ4n) is 2.14. The van der Waals surface area contributed by atoms with Gasteiger partial charge >= 0.3 is 0 Å². The number of anilines is 1. The summed E-state index contributed by atoms with van der Waals surface area (Å²) in [5.74, 6) is 0.639. The van der Waals surface area contributed by atoms with E-state index in [1.165, 1.54) is 19.0 Å². The third kappa shape index (κ3) is 2.35. The molecule has 0 saturated heterocycles. The van der Waals surface area contributed by atoms with Crippen molar-refractivity contribution in [1.82, 2.24) is 15.5 Å². The van der Waals surface area contributed by atoms with Gasteiger partial charge in [-0.05, 0) is 31.6 Å². The van der Waals surface area contributed by atoms with E-state index in [0.717, 1.165) is 18.8 Å². The van der Waals surface area contributed by atoms with Gasteiger partial charge in [0.05, 0.1) is 11.9 Å². The summed E-state index contributed by atoms with van der Waals surface area (Å²) < 4.78 is 0. The molecule has 16 heavy (non-hydrogen) atoms. The molecular weight excluding hydrogens is 204 g/mol. The highest BCUT2D eigenvalue weighted by Crippen LogP contribution is 2.23. The molecule has 1 aromatic rings. The van der Waals surface area contributed by atoms with E-state index in [4.69, 9.17) is 5.73 Å². The van der Waals surface area contributed by atoms with E-state index in [1.54, 1.807) is 0 Å². The zero-order chi connectivity index (χ0) is 11.5. The first-order valence-corrected chi connectivity index (χ1v) is 5.76. The number of amides is 1. The Hall–Kier alpha value is -1.52. The third-order valence-electron chi connectivity index (χ3n) is 3.25. The first-order chi connectivity index (χ1) is 7.66.